The van der Waals surface area contributed by atoms with Crippen LogP contribution in [0.4, 0.5) is 4.79 Å². The van der Waals surface area contributed by atoms with Crippen molar-refractivity contribution in [3.8, 4) is 0 Å². The molecule has 3 atom stereocenters. The molecule has 128 valence electrons. The molecule has 4 N–H and O–H groups in total. The lowest BCUT2D eigenvalue weighted by molar-refractivity contribution is 0.121. The van der Waals surface area contributed by atoms with Gasteiger partial charge >= 0.3 is 6.03 Å². The summed E-state index contributed by atoms with van der Waals surface area (Å²) < 4.78 is 0. The average molecular weight is 320 g/mol. The predicted molar refractivity (Wildman–Crippen MR) is 90.3 cm³/mol. The zero-order valence-corrected chi connectivity index (χ0v) is 13.8. The Labute approximate surface area is 138 Å². The van der Waals surface area contributed by atoms with Crippen molar-refractivity contribution >= 4 is 6.03 Å². The number of amides is 2. The Morgan fingerprint density at radius 3 is 2.74 bits per heavy atom. The van der Waals surface area contributed by atoms with Crippen LogP contribution in [0.2, 0.25) is 0 Å². The van der Waals surface area contributed by atoms with Crippen molar-refractivity contribution in [2.45, 2.75) is 44.6 Å². The lowest BCUT2D eigenvalue weighted by atomic mass is 9.86. The van der Waals surface area contributed by atoms with Crippen LogP contribution in [0.5, 0.6) is 0 Å². The summed E-state index contributed by atoms with van der Waals surface area (Å²) in [6, 6.07) is 9.72. The molecule has 5 heteroatoms. The molecule has 0 aromatic heterocycles. The fourth-order valence-corrected chi connectivity index (χ4v) is 3.36. The molecule has 5 nitrogen and oxygen atoms in total. The quantitative estimate of drug-likeness (QED) is 0.620. The van der Waals surface area contributed by atoms with Crippen LogP contribution >= 0.6 is 0 Å². The van der Waals surface area contributed by atoms with Crippen LogP contribution in [0, 0.1) is 5.41 Å². The van der Waals surface area contributed by atoms with Gasteiger partial charge < -0.3 is 20.8 Å². The van der Waals surface area contributed by atoms with E-state index in [1.807, 2.05) is 37.3 Å². The average Bonchev–Trinajstić information content (AvgIpc) is 2.93. The highest BCUT2D eigenvalue weighted by atomic mass is 16.3. The number of nitrogens with one attached hydrogen (secondary N) is 2. The number of aliphatic hydroxyl groups is 2. The summed E-state index contributed by atoms with van der Waals surface area (Å²) in [6.07, 6.45) is 3.48. The summed E-state index contributed by atoms with van der Waals surface area (Å²) >= 11 is 0. The molecule has 23 heavy (non-hydrogen) atoms. The summed E-state index contributed by atoms with van der Waals surface area (Å²) in [4.78, 5) is 12.2. The minimum absolute atomic E-state index is 0.0144. The minimum atomic E-state index is -0.221. The van der Waals surface area contributed by atoms with Crippen molar-refractivity contribution in [2.75, 3.05) is 19.8 Å². The molecule has 1 saturated carbocycles. The van der Waals surface area contributed by atoms with Crippen LogP contribution in [-0.2, 0) is 0 Å². The highest BCUT2D eigenvalue weighted by molar-refractivity contribution is 5.74. The third-order valence-corrected chi connectivity index (χ3v) is 5.01. The summed E-state index contributed by atoms with van der Waals surface area (Å²) in [5.41, 5.74) is 0.893. The van der Waals surface area contributed by atoms with Gasteiger partial charge in [-0.15, -0.1) is 0 Å². The number of aliphatic hydroxyl groups excluding tert-OH is 2. The van der Waals surface area contributed by atoms with E-state index in [0.29, 0.717) is 13.0 Å². The van der Waals surface area contributed by atoms with Crippen molar-refractivity contribution < 1.29 is 15.0 Å². The van der Waals surface area contributed by atoms with E-state index in [9.17, 15) is 15.0 Å². The summed E-state index contributed by atoms with van der Waals surface area (Å²) in [5, 5.41) is 24.7. The first-order valence-electron chi connectivity index (χ1n) is 8.40. The number of hydrogen-bond donors (Lipinski definition) is 4. The van der Waals surface area contributed by atoms with Crippen LogP contribution in [0.3, 0.4) is 0 Å². The monoisotopic (exact) mass is 320 g/mol. The Bertz CT molecular complexity index is 494. The maximum Gasteiger partial charge on any atom is 0.315 e. The van der Waals surface area contributed by atoms with Gasteiger partial charge in [0, 0.05) is 30.5 Å². The van der Waals surface area contributed by atoms with E-state index in [0.717, 1.165) is 24.8 Å². The molecule has 1 aromatic rings. The maximum atomic E-state index is 12.2. The van der Waals surface area contributed by atoms with Gasteiger partial charge in [-0.25, -0.2) is 4.79 Å². The highest BCUT2D eigenvalue weighted by Gasteiger charge is 2.39. The van der Waals surface area contributed by atoms with Gasteiger partial charge in [-0.05, 0) is 24.8 Å². The largest absolute Gasteiger partial charge is 0.396 e. The third kappa shape index (κ3) is 4.69. The van der Waals surface area contributed by atoms with Gasteiger partial charge in [0.15, 0.2) is 0 Å². The van der Waals surface area contributed by atoms with Crippen molar-refractivity contribution in [2.24, 2.45) is 5.41 Å². The molecule has 1 aliphatic rings. The van der Waals surface area contributed by atoms with Crippen molar-refractivity contribution in [3.05, 3.63) is 35.9 Å². The van der Waals surface area contributed by atoms with E-state index >= 15 is 0 Å². The van der Waals surface area contributed by atoms with Gasteiger partial charge in [0.2, 0.25) is 0 Å². The standard InChI is InChI=1S/C18H28N2O3/c1-18(13-22)10-5-8-16(18)20-17(23)19-12-15(9-11-21)14-6-3-2-4-7-14/h2-4,6-7,15-16,21-22H,5,8-13H2,1H3,(H2,19,20,23). The topological polar surface area (TPSA) is 81.6 Å². The van der Waals surface area contributed by atoms with Crippen LogP contribution in [0.25, 0.3) is 0 Å². The molecule has 2 rings (SSSR count). The van der Waals surface area contributed by atoms with E-state index in [4.69, 9.17) is 0 Å². The second kappa shape index (κ2) is 8.31. The number of carbonyl (C=O) groups excluding carboxylic acids is 1. The van der Waals surface area contributed by atoms with Crippen LogP contribution in [-0.4, -0.2) is 42.0 Å². The second-order valence-corrected chi connectivity index (χ2v) is 6.73. The molecule has 1 aliphatic carbocycles. The fraction of sp³-hybridized carbons (Fsp3) is 0.611. The molecule has 3 unspecified atom stereocenters. The van der Waals surface area contributed by atoms with Gasteiger partial charge in [0.1, 0.15) is 0 Å². The predicted octanol–water partition coefficient (Wildman–Crippen LogP) is 2.00. The number of benzene rings is 1. The van der Waals surface area contributed by atoms with Gasteiger partial charge in [-0.1, -0.05) is 43.7 Å². The first-order chi connectivity index (χ1) is 11.1. The summed E-state index contributed by atoms with van der Waals surface area (Å²) in [6.45, 7) is 2.69. The lowest BCUT2D eigenvalue weighted by Gasteiger charge is -2.30. The number of rotatable bonds is 7. The Balaban J connectivity index is 1.87. The Morgan fingerprint density at radius 2 is 2.09 bits per heavy atom. The molecule has 0 aliphatic heterocycles. The SMILES string of the molecule is CC1(CO)CCCC1NC(=O)NCC(CCO)c1ccccc1. The number of carbonyl (C=O) groups is 1. The first-order valence-corrected chi connectivity index (χ1v) is 8.40. The molecular weight excluding hydrogens is 292 g/mol. The van der Waals surface area contributed by atoms with E-state index in [-0.39, 0.29) is 36.6 Å². The number of hydrogen-bond acceptors (Lipinski definition) is 3. The van der Waals surface area contributed by atoms with Crippen LogP contribution in [0.15, 0.2) is 30.3 Å². The Morgan fingerprint density at radius 1 is 1.35 bits per heavy atom. The lowest BCUT2D eigenvalue weighted by Crippen LogP contribution is -2.49. The highest BCUT2D eigenvalue weighted by Crippen LogP contribution is 2.37. The molecule has 0 heterocycles. The normalized spacial score (nSPS) is 25.1. The van der Waals surface area contributed by atoms with E-state index < -0.39 is 0 Å². The zero-order valence-electron chi connectivity index (χ0n) is 13.8. The van der Waals surface area contributed by atoms with Crippen molar-refractivity contribution in [1.29, 1.82) is 0 Å². The molecule has 1 aromatic carbocycles. The van der Waals surface area contributed by atoms with Crippen LogP contribution in [0.1, 0.15) is 44.1 Å². The zero-order chi connectivity index (χ0) is 16.7. The van der Waals surface area contributed by atoms with E-state index in [2.05, 4.69) is 10.6 Å². The Kier molecular flexibility index (Phi) is 6.42. The molecule has 2 amide bonds. The molecule has 0 bridgehead atoms. The third-order valence-electron chi connectivity index (χ3n) is 5.01. The summed E-state index contributed by atoms with van der Waals surface area (Å²) in [5.74, 6) is 0.0970. The van der Waals surface area contributed by atoms with Gasteiger partial charge in [0.25, 0.3) is 0 Å². The number of urea groups is 1. The molecule has 1 fully saturated rings. The maximum absolute atomic E-state index is 12.2. The van der Waals surface area contributed by atoms with E-state index in [1.165, 1.54) is 0 Å². The van der Waals surface area contributed by atoms with Gasteiger partial charge in [-0.3, -0.25) is 0 Å². The Hall–Kier alpha value is -1.59. The van der Waals surface area contributed by atoms with Gasteiger partial charge in [-0.2, -0.15) is 0 Å². The fourth-order valence-electron chi connectivity index (χ4n) is 3.36. The molecule has 0 radical (unpaired) electrons. The van der Waals surface area contributed by atoms with Crippen molar-refractivity contribution in [3.63, 3.8) is 0 Å². The first kappa shape index (κ1) is 17.8. The molecule has 0 spiro atoms. The molecule has 0 saturated heterocycles. The van der Waals surface area contributed by atoms with Crippen molar-refractivity contribution in [1.82, 2.24) is 10.6 Å². The van der Waals surface area contributed by atoms with Crippen LogP contribution < -0.4 is 10.6 Å². The van der Waals surface area contributed by atoms with E-state index in [1.54, 1.807) is 0 Å². The smallest absolute Gasteiger partial charge is 0.315 e. The molecular formula is C18H28N2O3. The van der Waals surface area contributed by atoms with Gasteiger partial charge in [0.05, 0.1) is 6.61 Å². The second-order valence-electron chi connectivity index (χ2n) is 6.73. The minimum Gasteiger partial charge on any atom is -0.396 e. The summed E-state index contributed by atoms with van der Waals surface area (Å²) in [7, 11) is 0.